The summed E-state index contributed by atoms with van der Waals surface area (Å²) >= 11 is 0. The molecule has 1 saturated carbocycles. The van der Waals surface area contributed by atoms with Crippen LogP contribution in [0.25, 0.3) is 0 Å². The van der Waals surface area contributed by atoms with Crippen molar-refractivity contribution in [1.82, 2.24) is 14.1 Å². The van der Waals surface area contributed by atoms with E-state index in [1.165, 1.54) is 10.4 Å². The van der Waals surface area contributed by atoms with Gasteiger partial charge in [0.15, 0.2) is 0 Å². The number of carbonyl (C=O) groups excluding carboxylic acids is 1. The highest BCUT2D eigenvalue weighted by Crippen LogP contribution is 2.34. The van der Waals surface area contributed by atoms with Crippen molar-refractivity contribution in [3.05, 3.63) is 23.8 Å². The molecule has 9 heteroatoms. The standard InChI is InChI=1S/C25H37N3O5S/c1-18-15-28(19(2)17-29)34(31,32)24-12-11-20(8-7-13-26(3)4)14-22(24)33-23(18)16-27(5)25(30)21-9-6-10-21/h11-12,14,18-19,21,23,29H,6,9-10,13,15-17H2,1-5H3/t18-,19-,23+/m1/s1. The molecule has 1 N–H and O–H groups in total. The number of aliphatic hydroxyl groups is 1. The lowest BCUT2D eigenvalue weighted by Crippen LogP contribution is -2.50. The minimum atomic E-state index is -3.90. The van der Waals surface area contributed by atoms with Gasteiger partial charge in [-0.1, -0.05) is 25.2 Å². The van der Waals surface area contributed by atoms with Gasteiger partial charge in [-0.25, -0.2) is 8.42 Å². The average molecular weight is 492 g/mol. The van der Waals surface area contributed by atoms with Gasteiger partial charge in [0, 0.05) is 37.0 Å². The van der Waals surface area contributed by atoms with Gasteiger partial charge in [0.05, 0.1) is 19.7 Å². The zero-order valence-electron chi connectivity index (χ0n) is 20.8. The van der Waals surface area contributed by atoms with E-state index >= 15 is 0 Å². The van der Waals surface area contributed by atoms with Crippen LogP contribution in [0.4, 0.5) is 0 Å². The van der Waals surface area contributed by atoms with E-state index in [1.54, 1.807) is 31.0 Å². The molecule has 188 valence electrons. The Hall–Kier alpha value is -2.12. The van der Waals surface area contributed by atoms with Crippen molar-refractivity contribution in [2.45, 2.75) is 50.2 Å². The Morgan fingerprint density at radius 3 is 2.59 bits per heavy atom. The third-order valence-corrected chi connectivity index (χ3v) is 8.60. The largest absolute Gasteiger partial charge is 0.487 e. The first-order valence-electron chi connectivity index (χ1n) is 11.9. The monoisotopic (exact) mass is 491 g/mol. The summed E-state index contributed by atoms with van der Waals surface area (Å²) < 4.78 is 34.7. The van der Waals surface area contributed by atoms with Crippen LogP contribution in [-0.2, 0) is 14.8 Å². The van der Waals surface area contributed by atoms with Crippen LogP contribution < -0.4 is 4.74 Å². The van der Waals surface area contributed by atoms with Gasteiger partial charge < -0.3 is 14.7 Å². The Labute approximate surface area is 203 Å². The Kier molecular flexibility index (Phi) is 8.63. The molecule has 0 aromatic heterocycles. The Balaban J connectivity index is 1.98. The van der Waals surface area contributed by atoms with Crippen LogP contribution in [0.15, 0.2) is 23.1 Å². The van der Waals surface area contributed by atoms with Gasteiger partial charge in [-0.05, 0) is 52.1 Å². The van der Waals surface area contributed by atoms with Crippen LogP contribution in [-0.4, -0.2) is 93.1 Å². The second-order valence-electron chi connectivity index (χ2n) is 9.79. The summed E-state index contributed by atoms with van der Waals surface area (Å²) in [4.78, 5) is 16.5. The fraction of sp³-hybridized carbons (Fsp3) is 0.640. The van der Waals surface area contributed by atoms with Crippen molar-refractivity contribution in [2.24, 2.45) is 11.8 Å². The molecule has 1 heterocycles. The molecule has 1 aromatic rings. The third-order valence-electron chi connectivity index (χ3n) is 6.58. The minimum absolute atomic E-state index is 0.0517. The number of likely N-dealkylation sites (N-methyl/N-ethyl adjacent to an activating group) is 1. The molecule has 2 aliphatic rings. The SMILES string of the molecule is C[C@@H]1CN([C@H](C)CO)S(=O)(=O)c2ccc(C#CCN(C)C)cc2O[C@H]1CN(C)C(=O)C1CCC1. The lowest BCUT2D eigenvalue weighted by Gasteiger charge is -2.38. The number of ether oxygens (including phenoxy) is 1. The summed E-state index contributed by atoms with van der Waals surface area (Å²) in [6, 6.07) is 4.28. The number of fused-ring (bicyclic) bond motifs is 1. The molecule has 0 radical (unpaired) electrons. The molecule has 0 unspecified atom stereocenters. The summed E-state index contributed by atoms with van der Waals surface area (Å²) in [6.45, 7) is 4.43. The second kappa shape index (κ2) is 11.1. The lowest BCUT2D eigenvalue weighted by molar-refractivity contribution is -0.138. The van der Waals surface area contributed by atoms with Gasteiger partial charge >= 0.3 is 0 Å². The molecular formula is C25H37N3O5S. The van der Waals surface area contributed by atoms with Crippen molar-refractivity contribution in [3.63, 3.8) is 0 Å². The number of benzene rings is 1. The molecule has 3 rings (SSSR count). The lowest BCUT2D eigenvalue weighted by atomic mass is 9.84. The molecule has 1 fully saturated rings. The van der Waals surface area contributed by atoms with Crippen molar-refractivity contribution in [2.75, 3.05) is 47.4 Å². The van der Waals surface area contributed by atoms with Crippen molar-refractivity contribution in [1.29, 1.82) is 0 Å². The highest BCUT2D eigenvalue weighted by molar-refractivity contribution is 7.89. The fourth-order valence-electron chi connectivity index (χ4n) is 4.15. The normalized spacial score (nSPS) is 23.4. The summed E-state index contributed by atoms with van der Waals surface area (Å²) in [6.07, 6.45) is 2.50. The predicted octanol–water partition coefficient (Wildman–Crippen LogP) is 1.63. The highest BCUT2D eigenvalue weighted by Gasteiger charge is 2.39. The first-order chi connectivity index (χ1) is 16.0. The molecule has 0 spiro atoms. The molecule has 0 bridgehead atoms. The van der Waals surface area contributed by atoms with E-state index in [-0.39, 0.29) is 41.5 Å². The summed E-state index contributed by atoms with van der Waals surface area (Å²) in [5.74, 6) is 6.33. The van der Waals surface area contributed by atoms with Gasteiger partial charge in [0.1, 0.15) is 16.7 Å². The minimum Gasteiger partial charge on any atom is -0.487 e. The molecule has 0 saturated heterocycles. The van der Waals surface area contributed by atoms with E-state index in [1.807, 2.05) is 25.9 Å². The molecule has 1 aliphatic carbocycles. The second-order valence-corrected chi connectivity index (χ2v) is 11.6. The quantitative estimate of drug-likeness (QED) is 0.609. The summed E-state index contributed by atoms with van der Waals surface area (Å²) in [5.41, 5.74) is 0.656. The number of amides is 1. The van der Waals surface area contributed by atoms with E-state index in [4.69, 9.17) is 4.74 Å². The van der Waals surface area contributed by atoms with E-state index in [0.717, 1.165) is 19.3 Å². The average Bonchev–Trinajstić information content (AvgIpc) is 2.74. The topological polar surface area (TPSA) is 90.4 Å². The zero-order chi connectivity index (χ0) is 25.0. The van der Waals surface area contributed by atoms with E-state index in [2.05, 4.69) is 11.8 Å². The molecular weight excluding hydrogens is 454 g/mol. The van der Waals surface area contributed by atoms with E-state index in [0.29, 0.717) is 18.7 Å². The molecule has 8 nitrogen and oxygen atoms in total. The number of nitrogens with zero attached hydrogens (tertiary/aromatic N) is 3. The van der Waals surface area contributed by atoms with Crippen LogP contribution in [0, 0.1) is 23.7 Å². The highest BCUT2D eigenvalue weighted by atomic mass is 32.2. The molecule has 1 aliphatic heterocycles. The van der Waals surface area contributed by atoms with Crippen LogP contribution in [0.5, 0.6) is 5.75 Å². The molecule has 1 amide bonds. The van der Waals surface area contributed by atoms with Crippen molar-refractivity contribution < 1.29 is 23.1 Å². The Morgan fingerprint density at radius 2 is 2.00 bits per heavy atom. The Bertz CT molecular complexity index is 1040. The molecule has 1 aromatic carbocycles. The number of hydrogen-bond acceptors (Lipinski definition) is 6. The smallest absolute Gasteiger partial charge is 0.247 e. The summed E-state index contributed by atoms with van der Waals surface area (Å²) in [5, 5.41) is 9.77. The number of sulfonamides is 1. The number of aliphatic hydroxyl groups excluding tert-OH is 1. The van der Waals surface area contributed by atoms with Gasteiger partial charge in [0.2, 0.25) is 15.9 Å². The number of hydrogen-bond donors (Lipinski definition) is 1. The van der Waals surface area contributed by atoms with Crippen LogP contribution >= 0.6 is 0 Å². The fourth-order valence-corrected chi connectivity index (χ4v) is 5.97. The van der Waals surface area contributed by atoms with Crippen molar-refractivity contribution >= 4 is 15.9 Å². The van der Waals surface area contributed by atoms with E-state index < -0.39 is 22.2 Å². The van der Waals surface area contributed by atoms with E-state index in [9.17, 15) is 18.3 Å². The molecule has 34 heavy (non-hydrogen) atoms. The van der Waals surface area contributed by atoms with Crippen LogP contribution in [0.1, 0.15) is 38.7 Å². The van der Waals surface area contributed by atoms with Gasteiger partial charge in [0.25, 0.3) is 0 Å². The maximum absolute atomic E-state index is 13.5. The maximum atomic E-state index is 13.5. The van der Waals surface area contributed by atoms with Gasteiger partial charge in [-0.2, -0.15) is 4.31 Å². The predicted molar refractivity (Wildman–Crippen MR) is 131 cm³/mol. The Morgan fingerprint density at radius 1 is 1.29 bits per heavy atom. The number of carbonyl (C=O) groups is 1. The molecule has 3 atom stereocenters. The number of rotatable bonds is 6. The zero-order valence-corrected chi connectivity index (χ0v) is 21.6. The third kappa shape index (κ3) is 5.92. The van der Waals surface area contributed by atoms with Gasteiger partial charge in [-0.3, -0.25) is 9.69 Å². The van der Waals surface area contributed by atoms with Crippen LogP contribution in [0.3, 0.4) is 0 Å². The maximum Gasteiger partial charge on any atom is 0.247 e. The first-order valence-corrected chi connectivity index (χ1v) is 13.3. The first kappa shape index (κ1) is 26.5. The van der Waals surface area contributed by atoms with Crippen molar-refractivity contribution in [3.8, 4) is 17.6 Å². The van der Waals surface area contributed by atoms with Crippen LogP contribution in [0.2, 0.25) is 0 Å². The van der Waals surface area contributed by atoms with Gasteiger partial charge in [-0.15, -0.1) is 0 Å². The summed E-state index contributed by atoms with van der Waals surface area (Å²) in [7, 11) is 1.73.